The quantitative estimate of drug-likeness (QED) is 0.792. The Morgan fingerprint density at radius 2 is 2.09 bits per heavy atom. The van der Waals surface area contributed by atoms with Crippen LogP contribution in [0.2, 0.25) is 0 Å². The van der Waals surface area contributed by atoms with Gasteiger partial charge in [-0.2, -0.15) is 0 Å². The lowest BCUT2D eigenvalue weighted by Gasteiger charge is -2.51. The van der Waals surface area contributed by atoms with E-state index >= 15 is 0 Å². The second kappa shape index (κ2) is 6.26. The molecule has 120 valence electrons. The second-order valence-electron chi connectivity index (χ2n) is 6.35. The summed E-state index contributed by atoms with van der Waals surface area (Å²) in [6.07, 6.45) is 5.31. The van der Waals surface area contributed by atoms with Gasteiger partial charge in [-0.1, -0.05) is 6.08 Å². The van der Waals surface area contributed by atoms with E-state index in [1.54, 1.807) is 6.26 Å². The Morgan fingerprint density at radius 3 is 2.73 bits per heavy atom. The van der Waals surface area contributed by atoms with Crippen molar-refractivity contribution in [3.63, 3.8) is 0 Å². The zero-order valence-electron chi connectivity index (χ0n) is 13.3. The highest BCUT2D eigenvalue weighted by Gasteiger charge is 2.48. The third-order valence-electron chi connectivity index (χ3n) is 5.11. The zero-order chi connectivity index (χ0) is 15.6. The van der Waals surface area contributed by atoms with Crippen LogP contribution in [0.15, 0.2) is 35.5 Å². The lowest BCUT2D eigenvalue weighted by Crippen LogP contribution is -2.67. The van der Waals surface area contributed by atoms with Gasteiger partial charge in [-0.25, -0.2) is 0 Å². The lowest BCUT2D eigenvalue weighted by atomic mass is 9.82. The summed E-state index contributed by atoms with van der Waals surface area (Å²) in [5.41, 5.74) is -0.319. The summed E-state index contributed by atoms with van der Waals surface area (Å²) >= 11 is 0. The molecule has 1 aromatic heterocycles. The monoisotopic (exact) mass is 303 g/mol. The first-order valence-electron chi connectivity index (χ1n) is 8.02. The number of likely N-dealkylation sites (N-methyl/N-ethyl adjacent to an activating group) is 1. The summed E-state index contributed by atoms with van der Waals surface area (Å²) in [4.78, 5) is 19.5. The minimum atomic E-state index is -0.319. The van der Waals surface area contributed by atoms with E-state index in [-0.39, 0.29) is 11.4 Å². The number of carbonyl (C=O) groups excluding carboxylic acids is 1. The van der Waals surface area contributed by atoms with Crippen molar-refractivity contribution < 1.29 is 9.21 Å². The number of hydrogen-bond acceptors (Lipinski definition) is 4. The van der Waals surface area contributed by atoms with Crippen molar-refractivity contribution in [2.24, 2.45) is 0 Å². The minimum absolute atomic E-state index is 0.277. The number of nitrogens with zero attached hydrogens (tertiary/aromatic N) is 3. The van der Waals surface area contributed by atoms with Crippen molar-refractivity contribution in [1.82, 2.24) is 14.7 Å². The summed E-state index contributed by atoms with van der Waals surface area (Å²) in [5.74, 6) is 1.27. The van der Waals surface area contributed by atoms with Crippen molar-refractivity contribution in [2.45, 2.75) is 24.9 Å². The number of rotatable bonds is 4. The average molecular weight is 303 g/mol. The van der Waals surface area contributed by atoms with Gasteiger partial charge in [0.1, 0.15) is 11.3 Å². The lowest BCUT2D eigenvalue weighted by molar-refractivity contribution is -0.153. The van der Waals surface area contributed by atoms with Gasteiger partial charge in [-0.15, -0.1) is 6.58 Å². The molecule has 0 unspecified atom stereocenters. The fraction of sp³-hybridized carbons (Fsp3) is 0.588. The molecule has 0 N–H and O–H groups in total. The molecule has 1 spiro atoms. The minimum Gasteiger partial charge on any atom is -0.468 e. The Bertz CT molecular complexity index is 518. The molecule has 0 atom stereocenters. The Kier molecular flexibility index (Phi) is 4.36. The predicted octanol–water partition coefficient (Wildman–Crippen LogP) is 1.57. The van der Waals surface area contributed by atoms with E-state index in [4.69, 9.17) is 4.42 Å². The molecule has 0 aromatic carbocycles. The Morgan fingerprint density at radius 1 is 1.32 bits per heavy atom. The van der Waals surface area contributed by atoms with Crippen LogP contribution in [0.4, 0.5) is 0 Å². The Balaban J connectivity index is 1.66. The molecule has 3 rings (SSSR count). The van der Waals surface area contributed by atoms with Crippen LogP contribution in [0, 0.1) is 0 Å². The van der Waals surface area contributed by atoms with Crippen LogP contribution in [-0.4, -0.2) is 65.9 Å². The van der Waals surface area contributed by atoms with Crippen LogP contribution in [0.1, 0.15) is 18.6 Å². The third-order valence-corrected chi connectivity index (χ3v) is 5.11. The summed E-state index contributed by atoms with van der Waals surface area (Å²) in [6, 6.07) is 3.93. The number of likely N-dealkylation sites (tertiary alicyclic amines) is 1. The molecule has 22 heavy (non-hydrogen) atoms. The predicted molar refractivity (Wildman–Crippen MR) is 85.4 cm³/mol. The van der Waals surface area contributed by atoms with Crippen LogP contribution < -0.4 is 0 Å². The molecule has 3 heterocycles. The molecule has 0 aliphatic carbocycles. The Hall–Kier alpha value is -1.59. The van der Waals surface area contributed by atoms with Crippen molar-refractivity contribution in [1.29, 1.82) is 0 Å². The first kappa shape index (κ1) is 15.3. The van der Waals surface area contributed by atoms with E-state index in [1.165, 1.54) is 0 Å². The molecule has 1 amide bonds. The van der Waals surface area contributed by atoms with Gasteiger partial charge in [0.2, 0.25) is 5.91 Å². The number of carbonyl (C=O) groups is 1. The normalized spacial score (nSPS) is 23.1. The van der Waals surface area contributed by atoms with Gasteiger partial charge >= 0.3 is 0 Å². The van der Waals surface area contributed by atoms with Crippen LogP contribution >= 0.6 is 0 Å². The highest BCUT2D eigenvalue weighted by Crippen LogP contribution is 2.33. The van der Waals surface area contributed by atoms with Crippen LogP contribution in [-0.2, 0) is 11.3 Å². The van der Waals surface area contributed by atoms with Gasteiger partial charge in [0, 0.05) is 32.7 Å². The number of piperidine rings is 1. The van der Waals surface area contributed by atoms with Crippen molar-refractivity contribution in [3.05, 3.63) is 36.8 Å². The second-order valence-corrected chi connectivity index (χ2v) is 6.35. The van der Waals surface area contributed by atoms with E-state index in [9.17, 15) is 4.79 Å². The summed E-state index contributed by atoms with van der Waals surface area (Å²) in [7, 11) is 2.09. The standard InChI is InChI=1S/C17H25N3O2/c1-3-8-20-12-11-18(2)17(16(20)21)6-9-19(10-7-17)14-15-5-4-13-22-15/h3-5,13H,1,6-12,14H2,2H3. The average Bonchev–Trinajstić information content (AvgIpc) is 3.03. The Labute approximate surface area is 132 Å². The molecule has 0 bridgehead atoms. The van der Waals surface area contributed by atoms with E-state index in [0.717, 1.165) is 51.3 Å². The summed E-state index contributed by atoms with van der Waals surface area (Å²) in [5, 5.41) is 0. The zero-order valence-corrected chi connectivity index (χ0v) is 13.3. The van der Waals surface area contributed by atoms with Gasteiger partial charge in [0.05, 0.1) is 12.8 Å². The maximum Gasteiger partial charge on any atom is 0.243 e. The summed E-state index contributed by atoms with van der Waals surface area (Å²) < 4.78 is 5.43. The molecule has 0 saturated carbocycles. The smallest absolute Gasteiger partial charge is 0.243 e. The number of amides is 1. The van der Waals surface area contributed by atoms with Crippen LogP contribution in [0.25, 0.3) is 0 Å². The van der Waals surface area contributed by atoms with Gasteiger partial charge in [-0.3, -0.25) is 14.6 Å². The molecule has 0 radical (unpaired) electrons. The van der Waals surface area contributed by atoms with Crippen molar-refractivity contribution in [2.75, 3.05) is 39.8 Å². The van der Waals surface area contributed by atoms with E-state index in [2.05, 4.69) is 23.4 Å². The van der Waals surface area contributed by atoms with E-state index < -0.39 is 0 Å². The molecule has 2 fully saturated rings. The molecule has 2 saturated heterocycles. The van der Waals surface area contributed by atoms with Crippen LogP contribution in [0.5, 0.6) is 0 Å². The molecule has 5 nitrogen and oxygen atoms in total. The third kappa shape index (κ3) is 2.71. The van der Waals surface area contributed by atoms with Gasteiger partial charge < -0.3 is 9.32 Å². The van der Waals surface area contributed by atoms with E-state index in [0.29, 0.717) is 6.54 Å². The molecule has 5 heteroatoms. The number of piperazine rings is 1. The SMILES string of the molecule is C=CCN1CCN(C)C2(CCN(Cc3ccco3)CC2)C1=O. The van der Waals surface area contributed by atoms with Crippen molar-refractivity contribution >= 4 is 5.91 Å². The number of hydrogen-bond donors (Lipinski definition) is 0. The molecule has 1 aromatic rings. The molecular weight excluding hydrogens is 278 g/mol. The fourth-order valence-corrected chi connectivity index (χ4v) is 3.67. The molecule has 2 aliphatic rings. The van der Waals surface area contributed by atoms with Crippen molar-refractivity contribution in [3.8, 4) is 0 Å². The fourth-order valence-electron chi connectivity index (χ4n) is 3.67. The highest BCUT2D eigenvalue weighted by molar-refractivity contribution is 5.87. The van der Waals surface area contributed by atoms with Crippen LogP contribution in [0.3, 0.4) is 0 Å². The van der Waals surface area contributed by atoms with Gasteiger partial charge in [-0.05, 0) is 32.0 Å². The largest absolute Gasteiger partial charge is 0.468 e. The summed E-state index contributed by atoms with van der Waals surface area (Å²) in [6.45, 7) is 8.86. The first-order chi connectivity index (χ1) is 10.7. The first-order valence-corrected chi connectivity index (χ1v) is 8.02. The van der Waals surface area contributed by atoms with E-state index in [1.807, 2.05) is 23.1 Å². The molecule has 2 aliphatic heterocycles. The number of furan rings is 1. The van der Waals surface area contributed by atoms with Gasteiger partial charge in [0.15, 0.2) is 0 Å². The topological polar surface area (TPSA) is 39.9 Å². The maximum atomic E-state index is 12.9. The van der Waals surface area contributed by atoms with Gasteiger partial charge in [0.25, 0.3) is 0 Å². The molecular formula is C17H25N3O2. The maximum absolute atomic E-state index is 12.9. The highest BCUT2D eigenvalue weighted by atomic mass is 16.3.